The van der Waals surface area contributed by atoms with Crippen molar-refractivity contribution >= 4 is 11.8 Å². The van der Waals surface area contributed by atoms with Crippen LogP contribution in [0.2, 0.25) is 0 Å². The standard InChI is InChI=1S/C25H32O3/c1-3-14-11-15-12-16(26)5-6-17(15)18-7-9-24(4-2)23(22(14)18)19-13-20(19)25(24)10-8-21(27)28-25/h3,12,14,17-20,22-23H,1,4-11,13H2,2H3/t14-,17-,18?,19-,20+,22?,23?,24-,25-/m0/s1. The molecular formula is C25H32O3. The minimum Gasteiger partial charge on any atom is -0.458 e. The highest BCUT2D eigenvalue weighted by atomic mass is 16.6. The first kappa shape index (κ1) is 17.5. The van der Waals surface area contributed by atoms with Crippen LogP contribution in [0.15, 0.2) is 24.3 Å². The van der Waals surface area contributed by atoms with Crippen molar-refractivity contribution in [3.63, 3.8) is 0 Å². The molecule has 0 aromatic rings. The molecular weight excluding hydrogens is 348 g/mol. The van der Waals surface area contributed by atoms with E-state index in [9.17, 15) is 9.59 Å². The van der Waals surface area contributed by atoms with Crippen LogP contribution >= 0.6 is 0 Å². The quantitative estimate of drug-likeness (QED) is 0.507. The lowest BCUT2D eigenvalue weighted by Gasteiger charge is -2.60. The molecule has 0 N–H and O–H groups in total. The summed E-state index contributed by atoms with van der Waals surface area (Å²) in [6.45, 7) is 6.59. The molecule has 4 saturated carbocycles. The number of ketones is 1. The lowest BCUT2D eigenvalue weighted by Crippen LogP contribution is -2.57. The average Bonchev–Trinajstić information content (AvgIpc) is 3.34. The SMILES string of the molecule is C=C[C@H]1CC2=CC(=O)CC[C@@H]2C2CC[C@@]3(CC)C(C21)[C@H]1C[C@H]1[C@@]31CCC(=O)O1. The number of carbonyl (C=O) groups is 2. The summed E-state index contributed by atoms with van der Waals surface area (Å²) in [5.41, 5.74) is 1.43. The molecule has 1 aliphatic heterocycles. The Kier molecular flexibility index (Phi) is 3.50. The fourth-order valence-corrected chi connectivity index (χ4v) is 9.31. The molecule has 9 atom stereocenters. The van der Waals surface area contributed by atoms with Gasteiger partial charge in [-0.05, 0) is 86.5 Å². The van der Waals surface area contributed by atoms with Gasteiger partial charge in [-0.1, -0.05) is 18.6 Å². The predicted molar refractivity (Wildman–Crippen MR) is 106 cm³/mol. The van der Waals surface area contributed by atoms with Crippen LogP contribution in [-0.4, -0.2) is 17.4 Å². The van der Waals surface area contributed by atoms with Crippen LogP contribution in [0.25, 0.3) is 0 Å². The topological polar surface area (TPSA) is 43.4 Å². The Morgan fingerprint density at radius 3 is 2.79 bits per heavy atom. The van der Waals surface area contributed by atoms with Gasteiger partial charge in [-0.2, -0.15) is 0 Å². The van der Waals surface area contributed by atoms with Gasteiger partial charge in [0.05, 0.1) is 0 Å². The fraction of sp³-hybridized carbons (Fsp3) is 0.760. The van der Waals surface area contributed by atoms with Crippen molar-refractivity contribution in [2.45, 2.75) is 70.3 Å². The molecule has 3 heteroatoms. The van der Waals surface area contributed by atoms with Crippen molar-refractivity contribution in [2.75, 3.05) is 0 Å². The van der Waals surface area contributed by atoms with Gasteiger partial charge in [0.2, 0.25) is 0 Å². The third-order valence-electron chi connectivity index (χ3n) is 10.2. The molecule has 1 spiro atoms. The number of rotatable bonds is 2. The van der Waals surface area contributed by atoms with Gasteiger partial charge >= 0.3 is 5.97 Å². The van der Waals surface area contributed by atoms with Gasteiger partial charge in [0.25, 0.3) is 0 Å². The number of esters is 1. The van der Waals surface area contributed by atoms with E-state index in [4.69, 9.17) is 4.74 Å². The number of hydrogen-bond acceptors (Lipinski definition) is 3. The van der Waals surface area contributed by atoms with E-state index >= 15 is 0 Å². The summed E-state index contributed by atoms with van der Waals surface area (Å²) in [7, 11) is 0. The molecule has 1 heterocycles. The van der Waals surface area contributed by atoms with Crippen molar-refractivity contribution in [3.8, 4) is 0 Å². The normalized spacial score (nSPS) is 53.6. The molecule has 6 aliphatic rings. The second-order valence-corrected chi connectivity index (χ2v) is 10.6. The predicted octanol–water partition coefficient (Wildman–Crippen LogP) is 4.86. The minimum absolute atomic E-state index is 0.0428. The second kappa shape index (κ2) is 5.61. The minimum atomic E-state index is -0.163. The molecule has 0 aromatic heterocycles. The summed E-state index contributed by atoms with van der Waals surface area (Å²) >= 11 is 0. The van der Waals surface area contributed by atoms with Gasteiger partial charge in [-0.15, -0.1) is 6.58 Å². The van der Waals surface area contributed by atoms with E-state index in [0.29, 0.717) is 47.7 Å². The van der Waals surface area contributed by atoms with Gasteiger partial charge < -0.3 is 4.74 Å². The van der Waals surface area contributed by atoms with E-state index in [0.717, 1.165) is 38.0 Å². The van der Waals surface area contributed by atoms with Crippen LogP contribution in [0.1, 0.15) is 64.7 Å². The molecule has 0 amide bonds. The Morgan fingerprint density at radius 2 is 2.07 bits per heavy atom. The van der Waals surface area contributed by atoms with E-state index in [-0.39, 0.29) is 17.0 Å². The first-order valence-electron chi connectivity index (χ1n) is 11.6. The number of fused-ring (bicyclic) bond motifs is 9. The smallest absolute Gasteiger partial charge is 0.306 e. The first-order chi connectivity index (χ1) is 13.5. The summed E-state index contributed by atoms with van der Waals surface area (Å²) in [6, 6.07) is 0. The third-order valence-corrected chi connectivity index (χ3v) is 10.2. The van der Waals surface area contributed by atoms with Gasteiger partial charge in [0.1, 0.15) is 5.60 Å². The van der Waals surface area contributed by atoms with E-state index in [2.05, 4.69) is 19.6 Å². The zero-order chi connectivity index (χ0) is 19.3. The Balaban J connectivity index is 1.44. The van der Waals surface area contributed by atoms with Crippen LogP contribution in [0.4, 0.5) is 0 Å². The summed E-state index contributed by atoms with van der Waals surface area (Å²) in [5, 5.41) is 0. The summed E-state index contributed by atoms with van der Waals surface area (Å²) in [4.78, 5) is 24.3. The molecule has 28 heavy (non-hydrogen) atoms. The zero-order valence-electron chi connectivity index (χ0n) is 17.0. The largest absolute Gasteiger partial charge is 0.458 e. The van der Waals surface area contributed by atoms with Crippen molar-refractivity contribution < 1.29 is 14.3 Å². The summed E-state index contributed by atoms with van der Waals surface area (Å²) in [6.07, 6.45) is 13.4. The Hall–Kier alpha value is -1.38. The van der Waals surface area contributed by atoms with Crippen molar-refractivity contribution in [1.82, 2.24) is 0 Å². The highest BCUT2D eigenvalue weighted by Crippen LogP contribution is 2.79. The molecule has 3 nitrogen and oxygen atoms in total. The monoisotopic (exact) mass is 380 g/mol. The van der Waals surface area contributed by atoms with Crippen molar-refractivity contribution in [1.29, 1.82) is 0 Å². The Morgan fingerprint density at radius 1 is 1.21 bits per heavy atom. The average molecular weight is 381 g/mol. The Labute approximate surface area is 168 Å². The van der Waals surface area contributed by atoms with Gasteiger partial charge in [0, 0.05) is 24.2 Å². The van der Waals surface area contributed by atoms with E-state index < -0.39 is 0 Å². The molecule has 6 rings (SSSR count). The van der Waals surface area contributed by atoms with Crippen molar-refractivity contribution in [2.24, 2.45) is 46.8 Å². The second-order valence-electron chi connectivity index (χ2n) is 10.6. The first-order valence-corrected chi connectivity index (χ1v) is 11.6. The highest BCUT2D eigenvalue weighted by Gasteiger charge is 2.79. The van der Waals surface area contributed by atoms with Crippen LogP contribution in [0, 0.1) is 46.8 Å². The molecule has 150 valence electrons. The molecule has 0 aromatic carbocycles. The van der Waals surface area contributed by atoms with E-state index in [1.807, 2.05) is 6.08 Å². The zero-order valence-corrected chi connectivity index (χ0v) is 17.0. The van der Waals surface area contributed by atoms with E-state index in [1.54, 1.807) is 0 Å². The molecule has 5 fully saturated rings. The summed E-state index contributed by atoms with van der Waals surface area (Å²) in [5.74, 6) is 4.83. The third kappa shape index (κ3) is 1.92. The highest BCUT2D eigenvalue weighted by molar-refractivity contribution is 5.91. The number of ether oxygens (including phenoxy) is 1. The van der Waals surface area contributed by atoms with Gasteiger partial charge in [-0.3, -0.25) is 9.59 Å². The molecule has 0 bridgehead atoms. The lowest BCUT2D eigenvalue weighted by atomic mass is 9.45. The van der Waals surface area contributed by atoms with Crippen LogP contribution in [0.5, 0.6) is 0 Å². The van der Waals surface area contributed by atoms with E-state index in [1.165, 1.54) is 24.8 Å². The fourth-order valence-electron chi connectivity index (χ4n) is 9.31. The Bertz CT molecular complexity index is 796. The maximum atomic E-state index is 12.2. The number of hydrogen-bond donors (Lipinski definition) is 0. The van der Waals surface area contributed by atoms with Crippen LogP contribution in [-0.2, 0) is 14.3 Å². The maximum Gasteiger partial charge on any atom is 0.306 e. The molecule has 5 aliphatic carbocycles. The summed E-state index contributed by atoms with van der Waals surface area (Å²) < 4.78 is 6.28. The van der Waals surface area contributed by atoms with Gasteiger partial charge in [-0.25, -0.2) is 0 Å². The van der Waals surface area contributed by atoms with Gasteiger partial charge in [0.15, 0.2) is 5.78 Å². The van der Waals surface area contributed by atoms with Crippen molar-refractivity contribution in [3.05, 3.63) is 24.3 Å². The van der Waals surface area contributed by atoms with Crippen LogP contribution < -0.4 is 0 Å². The number of carbonyl (C=O) groups excluding carboxylic acids is 2. The molecule has 3 unspecified atom stereocenters. The molecule has 0 radical (unpaired) electrons. The van der Waals surface area contributed by atoms with Crippen LogP contribution in [0.3, 0.4) is 0 Å². The molecule has 1 saturated heterocycles. The number of allylic oxidation sites excluding steroid dienone is 2. The maximum absolute atomic E-state index is 12.2. The lowest BCUT2D eigenvalue weighted by molar-refractivity contribution is -0.181.